The van der Waals surface area contributed by atoms with Gasteiger partial charge in [0.1, 0.15) is 5.56 Å². The van der Waals surface area contributed by atoms with Crippen molar-refractivity contribution in [3.63, 3.8) is 0 Å². The molecule has 0 aromatic heterocycles. The number of nitrogens with one attached hydrogen (secondary N) is 1. The van der Waals surface area contributed by atoms with Crippen LogP contribution in [0.3, 0.4) is 0 Å². The van der Waals surface area contributed by atoms with Crippen LogP contribution >= 0.6 is 0 Å². The van der Waals surface area contributed by atoms with Gasteiger partial charge in [-0.05, 0) is 12.5 Å². The van der Waals surface area contributed by atoms with Crippen molar-refractivity contribution in [2.45, 2.75) is 12.8 Å². The van der Waals surface area contributed by atoms with E-state index in [1.807, 2.05) is 0 Å². The van der Waals surface area contributed by atoms with Crippen molar-refractivity contribution in [2.24, 2.45) is 0 Å². The highest BCUT2D eigenvalue weighted by atomic mass is 16.6. The Morgan fingerprint density at radius 3 is 2.61 bits per heavy atom. The highest BCUT2D eigenvalue weighted by Gasteiger charge is 2.18. The van der Waals surface area contributed by atoms with Crippen LogP contribution < -0.4 is 5.32 Å². The predicted octanol–water partition coefficient (Wildman–Crippen LogP) is 1.19. The Labute approximate surface area is 103 Å². The number of benzene rings is 1. The van der Waals surface area contributed by atoms with Crippen LogP contribution in [0.1, 0.15) is 23.2 Å². The largest absolute Gasteiger partial charge is 0.481 e. The van der Waals surface area contributed by atoms with Gasteiger partial charge in [0.05, 0.1) is 4.92 Å². The van der Waals surface area contributed by atoms with Gasteiger partial charge in [0.25, 0.3) is 11.6 Å². The second-order valence-corrected chi connectivity index (χ2v) is 3.53. The molecule has 0 unspecified atom stereocenters. The van der Waals surface area contributed by atoms with E-state index in [1.165, 1.54) is 24.3 Å². The summed E-state index contributed by atoms with van der Waals surface area (Å²) in [6, 6.07) is 5.59. The highest BCUT2D eigenvalue weighted by molar-refractivity contribution is 5.98. The lowest BCUT2D eigenvalue weighted by molar-refractivity contribution is -0.385. The molecular weight excluding hydrogens is 240 g/mol. The van der Waals surface area contributed by atoms with Gasteiger partial charge >= 0.3 is 5.97 Å². The monoisotopic (exact) mass is 252 g/mol. The van der Waals surface area contributed by atoms with E-state index in [0.29, 0.717) is 0 Å². The molecule has 1 rings (SSSR count). The van der Waals surface area contributed by atoms with E-state index in [9.17, 15) is 19.7 Å². The zero-order valence-electron chi connectivity index (χ0n) is 9.46. The molecule has 7 nitrogen and oxygen atoms in total. The molecule has 0 atom stereocenters. The molecule has 0 radical (unpaired) electrons. The lowest BCUT2D eigenvalue weighted by Gasteiger charge is -2.04. The van der Waals surface area contributed by atoms with E-state index in [4.69, 9.17) is 5.11 Å². The van der Waals surface area contributed by atoms with Crippen LogP contribution in [0.2, 0.25) is 0 Å². The zero-order valence-corrected chi connectivity index (χ0v) is 9.46. The van der Waals surface area contributed by atoms with Gasteiger partial charge < -0.3 is 10.4 Å². The third-order valence-corrected chi connectivity index (χ3v) is 2.20. The molecule has 2 N–H and O–H groups in total. The third kappa shape index (κ3) is 3.85. The number of aliphatic carboxylic acids is 1. The first kappa shape index (κ1) is 13.6. The molecular formula is C11H12N2O5. The Morgan fingerprint density at radius 2 is 2.00 bits per heavy atom. The summed E-state index contributed by atoms with van der Waals surface area (Å²) in [6.07, 6.45) is 0.221. The summed E-state index contributed by atoms with van der Waals surface area (Å²) < 4.78 is 0. The molecule has 0 aliphatic carbocycles. The predicted molar refractivity (Wildman–Crippen MR) is 62.3 cm³/mol. The van der Waals surface area contributed by atoms with E-state index in [0.717, 1.165) is 0 Å². The van der Waals surface area contributed by atoms with E-state index < -0.39 is 16.8 Å². The van der Waals surface area contributed by atoms with Crippen molar-refractivity contribution in [1.82, 2.24) is 5.32 Å². The van der Waals surface area contributed by atoms with Crippen LogP contribution in [0.5, 0.6) is 0 Å². The summed E-state index contributed by atoms with van der Waals surface area (Å²) >= 11 is 0. The van der Waals surface area contributed by atoms with Gasteiger partial charge in [-0.1, -0.05) is 12.1 Å². The van der Waals surface area contributed by atoms with Gasteiger partial charge in [0.15, 0.2) is 0 Å². The third-order valence-electron chi connectivity index (χ3n) is 2.20. The van der Waals surface area contributed by atoms with Crippen LogP contribution in [-0.4, -0.2) is 28.5 Å². The number of nitro benzene ring substituents is 1. The summed E-state index contributed by atoms with van der Waals surface area (Å²) in [6.45, 7) is 0.164. The van der Waals surface area contributed by atoms with Crippen molar-refractivity contribution in [3.05, 3.63) is 39.9 Å². The Bertz CT molecular complexity index is 472. The smallest absolute Gasteiger partial charge is 0.303 e. The Kier molecular flexibility index (Phi) is 4.79. The van der Waals surface area contributed by atoms with Crippen molar-refractivity contribution in [1.29, 1.82) is 0 Å². The van der Waals surface area contributed by atoms with Gasteiger partial charge in [-0.25, -0.2) is 0 Å². The Hall–Kier alpha value is -2.44. The average molecular weight is 252 g/mol. The number of carbonyl (C=O) groups excluding carboxylic acids is 1. The second-order valence-electron chi connectivity index (χ2n) is 3.53. The lowest BCUT2D eigenvalue weighted by atomic mass is 10.1. The fourth-order valence-electron chi connectivity index (χ4n) is 1.36. The second kappa shape index (κ2) is 6.33. The summed E-state index contributed by atoms with van der Waals surface area (Å²) in [5.41, 5.74) is -0.300. The number of carbonyl (C=O) groups is 2. The van der Waals surface area contributed by atoms with E-state index >= 15 is 0 Å². The normalized spacial score (nSPS) is 9.78. The molecule has 0 fully saturated rings. The molecule has 18 heavy (non-hydrogen) atoms. The summed E-state index contributed by atoms with van der Waals surface area (Å²) in [4.78, 5) is 32.0. The zero-order chi connectivity index (χ0) is 13.5. The van der Waals surface area contributed by atoms with Gasteiger partial charge in [-0.15, -0.1) is 0 Å². The van der Waals surface area contributed by atoms with E-state index in [1.54, 1.807) is 0 Å². The lowest BCUT2D eigenvalue weighted by Crippen LogP contribution is -2.25. The number of hydrogen-bond acceptors (Lipinski definition) is 4. The first-order valence-electron chi connectivity index (χ1n) is 5.26. The average Bonchev–Trinajstić information content (AvgIpc) is 2.34. The SMILES string of the molecule is O=C(O)CCCNC(=O)c1ccccc1[N+](=O)[O-]. The quantitative estimate of drug-likeness (QED) is 0.449. The summed E-state index contributed by atoms with van der Waals surface area (Å²) in [7, 11) is 0. The van der Waals surface area contributed by atoms with Crippen LogP contribution in [0.25, 0.3) is 0 Å². The maximum atomic E-state index is 11.7. The molecule has 0 aliphatic rings. The van der Waals surface area contributed by atoms with Gasteiger partial charge in [0, 0.05) is 19.0 Å². The van der Waals surface area contributed by atoms with Crippen LogP contribution in [0.15, 0.2) is 24.3 Å². The Balaban J connectivity index is 2.61. The maximum absolute atomic E-state index is 11.7. The number of amides is 1. The minimum Gasteiger partial charge on any atom is -0.481 e. The van der Waals surface area contributed by atoms with Crippen molar-refractivity contribution in [3.8, 4) is 0 Å². The van der Waals surface area contributed by atoms with E-state index in [2.05, 4.69) is 5.32 Å². The van der Waals surface area contributed by atoms with Gasteiger partial charge in [-0.3, -0.25) is 19.7 Å². The summed E-state index contributed by atoms with van der Waals surface area (Å²) in [5, 5.41) is 21.5. The number of nitro groups is 1. The standard InChI is InChI=1S/C11H12N2O5/c14-10(15)6-3-7-12-11(16)8-4-1-2-5-9(8)13(17)18/h1-2,4-5H,3,6-7H2,(H,12,16)(H,14,15). The molecule has 0 saturated carbocycles. The molecule has 1 aromatic rings. The molecule has 7 heteroatoms. The van der Waals surface area contributed by atoms with E-state index in [-0.39, 0.29) is 30.6 Å². The molecule has 1 amide bonds. The molecule has 0 saturated heterocycles. The minimum absolute atomic E-state index is 0.0298. The maximum Gasteiger partial charge on any atom is 0.303 e. The number of para-hydroxylation sites is 1. The topological polar surface area (TPSA) is 110 Å². The molecule has 0 bridgehead atoms. The minimum atomic E-state index is -0.949. The Morgan fingerprint density at radius 1 is 1.33 bits per heavy atom. The number of carboxylic acid groups (broad SMARTS) is 1. The van der Waals surface area contributed by atoms with Crippen LogP contribution in [0, 0.1) is 10.1 Å². The first-order valence-corrected chi connectivity index (χ1v) is 5.26. The van der Waals surface area contributed by atoms with Crippen molar-refractivity contribution >= 4 is 17.6 Å². The van der Waals surface area contributed by atoms with Crippen molar-refractivity contribution < 1.29 is 19.6 Å². The van der Waals surface area contributed by atoms with Gasteiger partial charge in [-0.2, -0.15) is 0 Å². The first-order chi connectivity index (χ1) is 8.52. The number of hydrogen-bond donors (Lipinski definition) is 2. The fraction of sp³-hybridized carbons (Fsp3) is 0.273. The fourth-order valence-corrected chi connectivity index (χ4v) is 1.36. The molecule has 0 spiro atoms. The highest BCUT2D eigenvalue weighted by Crippen LogP contribution is 2.17. The molecule has 0 heterocycles. The van der Waals surface area contributed by atoms with Gasteiger partial charge in [0.2, 0.25) is 0 Å². The molecule has 96 valence electrons. The number of rotatable bonds is 6. The van der Waals surface area contributed by atoms with Crippen molar-refractivity contribution in [2.75, 3.05) is 6.54 Å². The summed E-state index contributed by atoms with van der Waals surface area (Å²) in [5.74, 6) is -1.53. The molecule has 1 aromatic carbocycles. The van der Waals surface area contributed by atoms with Crippen LogP contribution in [-0.2, 0) is 4.79 Å². The van der Waals surface area contributed by atoms with Crippen LogP contribution in [0.4, 0.5) is 5.69 Å². The number of carboxylic acids is 1. The molecule has 0 aliphatic heterocycles. The number of nitrogens with zero attached hydrogens (tertiary/aromatic N) is 1.